The van der Waals surface area contributed by atoms with Gasteiger partial charge in [0, 0.05) is 18.2 Å². The van der Waals surface area contributed by atoms with Gasteiger partial charge in [-0.15, -0.1) is 0 Å². The molecule has 1 unspecified atom stereocenters. The summed E-state index contributed by atoms with van der Waals surface area (Å²) >= 11 is 0. The number of nitrogens with zero attached hydrogens (tertiary/aromatic N) is 1. The van der Waals surface area contributed by atoms with Crippen LogP contribution in [0.25, 0.3) is 11.3 Å². The van der Waals surface area contributed by atoms with Gasteiger partial charge in [-0.1, -0.05) is 30.3 Å². The van der Waals surface area contributed by atoms with E-state index in [0.29, 0.717) is 11.1 Å². The SMILES string of the molecule is CC(CO)(Cc1ccccc1F)NC(=O)c1ccc(-c2ccn[nH]2)cc1. The first-order valence-corrected chi connectivity index (χ1v) is 8.27. The standard InChI is InChI=1S/C20H20FN3O2/c1-20(13-25,12-16-4-2-3-5-17(16)21)23-19(26)15-8-6-14(7-9-15)18-10-11-22-24-18/h2-11,25H,12-13H2,1H3,(H,22,24)(H,23,26). The molecule has 26 heavy (non-hydrogen) atoms. The Morgan fingerprint density at radius 1 is 1.19 bits per heavy atom. The summed E-state index contributed by atoms with van der Waals surface area (Å²) in [4.78, 5) is 12.6. The number of benzene rings is 2. The van der Waals surface area contributed by atoms with E-state index in [2.05, 4.69) is 15.5 Å². The van der Waals surface area contributed by atoms with E-state index in [9.17, 15) is 14.3 Å². The molecule has 1 aromatic heterocycles. The van der Waals surface area contributed by atoms with Crippen LogP contribution in [0.2, 0.25) is 0 Å². The minimum atomic E-state index is -0.971. The van der Waals surface area contributed by atoms with Gasteiger partial charge >= 0.3 is 0 Å². The predicted molar refractivity (Wildman–Crippen MR) is 97.1 cm³/mol. The van der Waals surface area contributed by atoms with E-state index in [1.807, 2.05) is 18.2 Å². The van der Waals surface area contributed by atoms with E-state index in [4.69, 9.17) is 0 Å². The normalized spacial score (nSPS) is 13.2. The molecular formula is C20H20FN3O2. The maximum Gasteiger partial charge on any atom is 0.251 e. The zero-order valence-corrected chi connectivity index (χ0v) is 14.4. The number of amides is 1. The topological polar surface area (TPSA) is 78.0 Å². The van der Waals surface area contributed by atoms with Gasteiger partial charge in [0.15, 0.2) is 0 Å². The van der Waals surface area contributed by atoms with E-state index < -0.39 is 5.54 Å². The number of halogens is 1. The molecule has 0 aliphatic rings. The van der Waals surface area contributed by atoms with Crippen molar-refractivity contribution < 1.29 is 14.3 Å². The number of carbonyl (C=O) groups excluding carboxylic acids is 1. The Labute approximate surface area is 150 Å². The van der Waals surface area contributed by atoms with Crippen LogP contribution in [0.5, 0.6) is 0 Å². The molecule has 3 aromatic rings. The average molecular weight is 353 g/mol. The summed E-state index contributed by atoms with van der Waals surface area (Å²) in [7, 11) is 0. The van der Waals surface area contributed by atoms with Gasteiger partial charge in [0.25, 0.3) is 5.91 Å². The number of aliphatic hydroxyl groups is 1. The van der Waals surface area contributed by atoms with E-state index in [1.54, 1.807) is 43.5 Å². The van der Waals surface area contributed by atoms with Gasteiger partial charge in [0.1, 0.15) is 5.82 Å². The van der Waals surface area contributed by atoms with Gasteiger partial charge in [0.05, 0.1) is 17.8 Å². The first-order valence-electron chi connectivity index (χ1n) is 8.27. The van der Waals surface area contributed by atoms with E-state index in [1.165, 1.54) is 6.07 Å². The van der Waals surface area contributed by atoms with Crippen molar-refractivity contribution in [2.75, 3.05) is 6.61 Å². The first-order chi connectivity index (χ1) is 12.5. The highest BCUT2D eigenvalue weighted by Crippen LogP contribution is 2.19. The molecule has 0 bridgehead atoms. The summed E-state index contributed by atoms with van der Waals surface area (Å²) in [5.41, 5.74) is 1.70. The summed E-state index contributed by atoms with van der Waals surface area (Å²) < 4.78 is 13.9. The number of H-pyrrole nitrogens is 1. The highest BCUT2D eigenvalue weighted by atomic mass is 19.1. The molecule has 5 nitrogen and oxygen atoms in total. The number of aromatic nitrogens is 2. The van der Waals surface area contributed by atoms with Crippen LogP contribution in [-0.2, 0) is 6.42 Å². The van der Waals surface area contributed by atoms with Gasteiger partial charge in [-0.3, -0.25) is 9.89 Å². The second-order valence-corrected chi connectivity index (χ2v) is 6.49. The number of aliphatic hydroxyl groups excluding tert-OH is 1. The van der Waals surface area contributed by atoms with Crippen LogP contribution in [0, 0.1) is 5.82 Å². The molecule has 2 aromatic carbocycles. The Morgan fingerprint density at radius 3 is 2.54 bits per heavy atom. The minimum absolute atomic E-state index is 0.189. The lowest BCUT2D eigenvalue weighted by atomic mass is 9.92. The third-order valence-corrected chi connectivity index (χ3v) is 4.26. The largest absolute Gasteiger partial charge is 0.394 e. The third kappa shape index (κ3) is 3.97. The van der Waals surface area contributed by atoms with E-state index in [-0.39, 0.29) is 24.8 Å². The number of rotatable bonds is 6. The quantitative estimate of drug-likeness (QED) is 0.638. The zero-order chi connectivity index (χ0) is 18.6. The second kappa shape index (κ2) is 7.49. The maximum atomic E-state index is 13.9. The molecule has 0 saturated carbocycles. The Bertz CT molecular complexity index is 878. The highest BCUT2D eigenvalue weighted by molar-refractivity contribution is 5.95. The number of aromatic amines is 1. The van der Waals surface area contributed by atoms with Crippen molar-refractivity contribution in [1.82, 2.24) is 15.5 Å². The molecule has 0 aliphatic carbocycles. The van der Waals surface area contributed by atoms with Gasteiger partial charge in [-0.05, 0) is 42.3 Å². The third-order valence-electron chi connectivity index (χ3n) is 4.26. The van der Waals surface area contributed by atoms with Crippen LogP contribution in [0.4, 0.5) is 4.39 Å². The molecule has 1 atom stereocenters. The monoisotopic (exact) mass is 353 g/mol. The lowest BCUT2D eigenvalue weighted by Gasteiger charge is -2.29. The van der Waals surface area contributed by atoms with Crippen molar-refractivity contribution in [2.24, 2.45) is 0 Å². The molecule has 6 heteroatoms. The van der Waals surface area contributed by atoms with Crippen molar-refractivity contribution >= 4 is 5.91 Å². The first kappa shape index (κ1) is 17.8. The van der Waals surface area contributed by atoms with Crippen molar-refractivity contribution in [3.05, 3.63) is 77.7 Å². The Hall–Kier alpha value is -2.99. The van der Waals surface area contributed by atoms with Crippen LogP contribution >= 0.6 is 0 Å². The molecule has 1 amide bonds. The van der Waals surface area contributed by atoms with Crippen molar-refractivity contribution in [3.63, 3.8) is 0 Å². The van der Waals surface area contributed by atoms with Crippen LogP contribution in [-0.4, -0.2) is 33.4 Å². The lowest BCUT2D eigenvalue weighted by Crippen LogP contribution is -2.50. The maximum absolute atomic E-state index is 13.9. The van der Waals surface area contributed by atoms with Gasteiger partial charge in [-0.2, -0.15) is 5.10 Å². The summed E-state index contributed by atoms with van der Waals surface area (Å²) in [6.07, 6.45) is 1.85. The minimum Gasteiger partial charge on any atom is -0.394 e. The van der Waals surface area contributed by atoms with Gasteiger partial charge in [-0.25, -0.2) is 4.39 Å². The number of hydrogen-bond acceptors (Lipinski definition) is 3. The van der Waals surface area contributed by atoms with Crippen molar-refractivity contribution in [2.45, 2.75) is 18.9 Å². The molecule has 0 fully saturated rings. The summed E-state index contributed by atoms with van der Waals surface area (Å²) in [5, 5.41) is 19.3. The number of nitrogens with one attached hydrogen (secondary N) is 2. The van der Waals surface area contributed by atoms with E-state index in [0.717, 1.165) is 11.3 Å². The van der Waals surface area contributed by atoms with Crippen LogP contribution in [0.15, 0.2) is 60.8 Å². The fraction of sp³-hybridized carbons (Fsp3) is 0.200. The molecule has 0 saturated heterocycles. The van der Waals surface area contributed by atoms with Crippen molar-refractivity contribution in [3.8, 4) is 11.3 Å². The van der Waals surface area contributed by atoms with Crippen LogP contribution < -0.4 is 5.32 Å². The zero-order valence-electron chi connectivity index (χ0n) is 14.4. The molecule has 0 spiro atoms. The highest BCUT2D eigenvalue weighted by Gasteiger charge is 2.27. The average Bonchev–Trinajstić information content (AvgIpc) is 3.18. The second-order valence-electron chi connectivity index (χ2n) is 6.49. The fourth-order valence-electron chi connectivity index (χ4n) is 2.77. The van der Waals surface area contributed by atoms with Gasteiger partial charge < -0.3 is 10.4 Å². The Balaban J connectivity index is 1.73. The van der Waals surface area contributed by atoms with E-state index >= 15 is 0 Å². The lowest BCUT2D eigenvalue weighted by molar-refractivity contribution is 0.0851. The Kier molecular flexibility index (Phi) is 5.14. The molecule has 134 valence electrons. The van der Waals surface area contributed by atoms with Crippen molar-refractivity contribution in [1.29, 1.82) is 0 Å². The van der Waals surface area contributed by atoms with Crippen LogP contribution in [0.3, 0.4) is 0 Å². The molecule has 0 aliphatic heterocycles. The van der Waals surface area contributed by atoms with Gasteiger partial charge in [0.2, 0.25) is 0 Å². The summed E-state index contributed by atoms with van der Waals surface area (Å²) in [5.74, 6) is -0.681. The smallest absolute Gasteiger partial charge is 0.251 e. The van der Waals surface area contributed by atoms with Crippen LogP contribution in [0.1, 0.15) is 22.8 Å². The fourth-order valence-corrected chi connectivity index (χ4v) is 2.77. The molecule has 1 heterocycles. The molecule has 3 N–H and O–H groups in total. The number of hydrogen-bond donors (Lipinski definition) is 3. The molecular weight excluding hydrogens is 333 g/mol. The number of carbonyl (C=O) groups is 1. The summed E-state index contributed by atoms with van der Waals surface area (Å²) in [6, 6.07) is 15.2. The molecule has 3 rings (SSSR count). The summed E-state index contributed by atoms with van der Waals surface area (Å²) in [6.45, 7) is 1.38. The Morgan fingerprint density at radius 2 is 1.92 bits per heavy atom. The molecule has 0 radical (unpaired) electrons. The predicted octanol–water partition coefficient (Wildman–Crippen LogP) is 2.94.